The number of halogens is 2. The number of para-hydroxylation sites is 1. The number of benzene rings is 1. The van der Waals surface area contributed by atoms with Gasteiger partial charge in [-0.15, -0.1) is 0 Å². The summed E-state index contributed by atoms with van der Waals surface area (Å²) in [4.78, 5) is 4.45. The third kappa shape index (κ3) is 1.70. The summed E-state index contributed by atoms with van der Waals surface area (Å²) in [6, 6.07) is 5.70. The molecule has 1 aromatic carbocycles. The van der Waals surface area contributed by atoms with E-state index < -0.39 is 0 Å². The van der Waals surface area contributed by atoms with Crippen molar-refractivity contribution in [2.75, 3.05) is 7.11 Å². The van der Waals surface area contributed by atoms with Crippen LogP contribution in [-0.4, -0.2) is 12.1 Å². The molecule has 0 saturated heterocycles. The van der Waals surface area contributed by atoms with Crippen LogP contribution in [0.2, 0.25) is 5.02 Å². The molecule has 78 valence electrons. The van der Waals surface area contributed by atoms with Crippen LogP contribution in [0.5, 0.6) is 5.75 Å². The summed E-state index contributed by atoms with van der Waals surface area (Å²) in [7, 11) is 1.63. The second-order valence-corrected chi connectivity index (χ2v) is 4.35. The topological polar surface area (TPSA) is 22.1 Å². The highest BCUT2D eigenvalue weighted by Gasteiger charge is 2.11. The summed E-state index contributed by atoms with van der Waals surface area (Å²) in [6.07, 6.45) is 0. The van der Waals surface area contributed by atoms with Gasteiger partial charge in [0.05, 0.1) is 22.3 Å². The van der Waals surface area contributed by atoms with E-state index in [0.29, 0.717) is 5.02 Å². The first-order chi connectivity index (χ1) is 7.15. The maximum Gasteiger partial charge on any atom is 0.145 e. The van der Waals surface area contributed by atoms with E-state index in [0.717, 1.165) is 26.8 Å². The first-order valence-electron chi connectivity index (χ1n) is 4.43. The number of pyridine rings is 1. The Morgan fingerprint density at radius 1 is 1.40 bits per heavy atom. The fraction of sp³-hybridized carbons (Fsp3) is 0.182. The van der Waals surface area contributed by atoms with E-state index in [2.05, 4.69) is 20.9 Å². The molecule has 15 heavy (non-hydrogen) atoms. The minimum Gasteiger partial charge on any atom is -0.494 e. The highest BCUT2D eigenvalue weighted by Crippen LogP contribution is 2.35. The molecule has 1 aromatic heterocycles. The maximum absolute atomic E-state index is 6.22. The van der Waals surface area contributed by atoms with Crippen LogP contribution in [0.25, 0.3) is 10.9 Å². The van der Waals surface area contributed by atoms with Gasteiger partial charge in [0.1, 0.15) is 11.3 Å². The lowest BCUT2D eigenvalue weighted by molar-refractivity contribution is 0.419. The molecule has 2 rings (SSSR count). The first-order valence-corrected chi connectivity index (χ1v) is 5.60. The van der Waals surface area contributed by atoms with E-state index in [1.165, 1.54) is 0 Å². The number of rotatable bonds is 1. The molecule has 1 heterocycles. The average Bonchev–Trinajstić information content (AvgIpc) is 2.25. The Morgan fingerprint density at radius 3 is 2.80 bits per heavy atom. The van der Waals surface area contributed by atoms with Crippen LogP contribution in [0, 0.1) is 6.92 Å². The van der Waals surface area contributed by atoms with Gasteiger partial charge in [-0.2, -0.15) is 0 Å². The van der Waals surface area contributed by atoms with E-state index in [1.54, 1.807) is 7.11 Å². The van der Waals surface area contributed by atoms with Crippen molar-refractivity contribution in [3.05, 3.63) is 33.4 Å². The van der Waals surface area contributed by atoms with Crippen molar-refractivity contribution in [3.8, 4) is 5.75 Å². The van der Waals surface area contributed by atoms with Gasteiger partial charge in [0, 0.05) is 5.39 Å². The highest BCUT2D eigenvalue weighted by atomic mass is 79.9. The predicted molar refractivity (Wildman–Crippen MR) is 65.7 cm³/mol. The Balaban J connectivity index is 2.91. The van der Waals surface area contributed by atoms with Crippen LogP contribution in [-0.2, 0) is 0 Å². The van der Waals surface area contributed by atoms with Gasteiger partial charge in [0.2, 0.25) is 0 Å². The van der Waals surface area contributed by atoms with Crippen LogP contribution < -0.4 is 4.74 Å². The number of ether oxygens (including phenoxy) is 1. The maximum atomic E-state index is 6.22. The van der Waals surface area contributed by atoms with Crippen molar-refractivity contribution in [1.82, 2.24) is 4.98 Å². The van der Waals surface area contributed by atoms with Gasteiger partial charge in [-0.1, -0.05) is 23.7 Å². The standard InChI is InChI=1S/C11H9BrClNO/c1-6-9(12)10(13)7-4-3-5-8(15-2)11(7)14-6/h3-5H,1-2H3. The lowest BCUT2D eigenvalue weighted by Gasteiger charge is -2.08. The number of hydrogen-bond acceptors (Lipinski definition) is 2. The summed E-state index contributed by atoms with van der Waals surface area (Å²) in [5, 5.41) is 1.57. The second kappa shape index (κ2) is 3.99. The molecule has 0 amide bonds. The normalized spacial score (nSPS) is 10.7. The fourth-order valence-electron chi connectivity index (χ4n) is 1.47. The molecule has 0 aliphatic carbocycles. The average molecular weight is 287 g/mol. The van der Waals surface area contributed by atoms with Gasteiger partial charge in [-0.05, 0) is 28.9 Å². The zero-order chi connectivity index (χ0) is 11.0. The van der Waals surface area contributed by atoms with Crippen molar-refractivity contribution in [3.63, 3.8) is 0 Å². The van der Waals surface area contributed by atoms with Gasteiger partial charge in [0.25, 0.3) is 0 Å². The van der Waals surface area contributed by atoms with Crippen LogP contribution in [0.3, 0.4) is 0 Å². The zero-order valence-corrected chi connectivity index (χ0v) is 10.7. The largest absolute Gasteiger partial charge is 0.494 e. The Labute approximate surface area is 101 Å². The van der Waals surface area contributed by atoms with E-state index in [4.69, 9.17) is 16.3 Å². The van der Waals surface area contributed by atoms with Crippen molar-refractivity contribution in [2.45, 2.75) is 6.92 Å². The minimum absolute atomic E-state index is 0.677. The van der Waals surface area contributed by atoms with Crippen LogP contribution >= 0.6 is 27.5 Å². The smallest absolute Gasteiger partial charge is 0.145 e. The molecule has 0 atom stereocenters. The SMILES string of the molecule is COc1cccc2c(Cl)c(Br)c(C)nc12. The molecule has 4 heteroatoms. The Kier molecular flexibility index (Phi) is 2.85. The van der Waals surface area contributed by atoms with Crippen molar-refractivity contribution < 1.29 is 4.74 Å². The molecule has 0 radical (unpaired) electrons. The van der Waals surface area contributed by atoms with Crippen molar-refractivity contribution in [2.24, 2.45) is 0 Å². The summed E-state index contributed by atoms with van der Waals surface area (Å²) in [5.41, 5.74) is 1.66. The zero-order valence-electron chi connectivity index (χ0n) is 8.34. The van der Waals surface area contributed by atoms with Gasteiger partial charge in [0.15, 0.2) is 0 Å². The fourth-order valence-corrected chi connectivity index (χ4v) is 2.06. The van der Waals surface area contributed by atoms with Crippen molar-refractivity contribution in [1.29, 1.82) is 0 Å². The number of hydrogen-bond donors (Lipinski definition) is 0. The Bertz CT molecular complexity index is 527. The quantitative estimate of drug-likeness (QED) is 0.791. The summed E-state index contributed by atoms with van der Waals surface area (Å²) < 4.78 is 6.08. The molecular formula is C11H9BrClNO. The van der Waals surface area contributed by atoms with E-state index in [1.807, 2.05) is 25.1 Å². The van der Waals surface area contributed by atoms with E-state index in [-0.39, 0.29) is 0 Å². The van der Waals surface area contributed by atoms with Gasteiger partial charge < -0.3 is 4.74 Å². The number of fused-ring (bicyclic) bond motifs is 1. The van der Waals surface area contributed by atoms with Crippen LogP contribution in [0.15, 0.2) is 22.7 Å². The molecule has 0 aliphatic heterocycles. The molecule has 2 aromatic rings. The minimum atomic E-state index is 0.677. The van der Waals surface area contributed by atoms with Crippen LogP contribution in [0.4, 0.5) is 0 Å². The summed E-state index contributed by atoms with van der Waals surface area (Å²) in [5.74, 6) is 0.741. The molecule has 2 nitrogen and oxygen atoms in total. The third-order valence-corrected chi connectivity index (χ3v) is 3.84. The Morgan fingerprint density at radius 2 is 2.13 bits per heavy atom. The van der Waals surface area contributed by atoms with Crippen molar-refractivity contribution >= 4 is 38.4 Å². The molecule has 0 unspecified atom stereocenters. The molecule has 0 N–H and O–H groups in total. The lowest BCUT2D eigenvalue weighted by atomic mass is 10.2. The number of aromatic nitrogens is 1. The number of nitrogens with zero attached hydrogens (tertiary/aromatic N) is 1. The second-order valence-electron chi connectivity index (χ2n) is 3.18. The number of aryl methyl sites for hydroxylation is 1. The summed E-state index contributed by atoms with van der Waals surface area (Å²) >= 11 is 9.63. The van der Waals surface area contributed by atoms with Gasteiger partial charge in [-0.3, -0.25) is 0 Å². The molecule has 0 saturated carbocycles. The summed E-state index contributed by atoms with van der Waals surface area (Å²) in [6.45, 7) is 1.90. The molecular weight excluding hydrogens is 277 g/mol. The molecule has 0 aliphatic rings. The van der Waals surface area contributed by atoms with Crippen LogP contribution in [0.1, 0.15) is 5.69 Å². The molecule has 0 bridgehead atoms. The highest BCUT2D eigenvalue weighted by molar-refractivity contribution is 9.10. The van der Waals surface area contributed by atoms with E-state index >= 15 is 0 Å². The van der Waals surface area contributed by atoms with E-state index in [9.17, 15) is 0 Å². The molecule has 0 spiro atoms. The van der Waals surface area contributed by atoms with Gasteiger partial charge >= 0.3 is 0 Å². The molecule has 0 fully saturated rings. The number of methoxy groups -OCH3 is 1. The monoisotopic (exact) mass is 285 g/mol. The Hall–Kier alpha value is -0.800. The lowest BCUT2D eigenvalue weighted by Crippen LogP contribution is -1.91. The van der Waals surface area contributed by atoms with Gasteiger partial charge in [-0.25, -0.2) is 4.98 Å². The predicted octanol–water partition coefficient (Wildman–Crippen LogP) is 3.97. The third-order valence-electron chi connectivity index (χ3n) is 2.25. The first kappa shape index (κ1) is 10.7.